The molecule has 0 aromatic heterocycles. The lowest BCUT2D eigenvalue weighted by Gasteiger charge is -2.33. The number of rotatable bonds is 3. The highest BCUT2D eigenvalue weighted by Gasteiger charge is 2.41. The van der Waals surface area contributed by atoms with Gasteiger partial charge in [-0.2, -0.15) is 0 Å². The predicted molar refractivity (Wildman–Crippen MR) is 76.8 cm³/mol. The third-order valence-electron chi connectivity index (χ3n) is 3.41. The Kier molecular flexibility index (Phi) is 4.45. The number of aryl methyl sites for hydroxylation is 1. The van der Waals surface area contributed by atoms with Gasteiger partial charge in [0.15, 0.2) is 0 Å². The molecule has 0 saturated carbocycles. The highest BCUT2D eigenvalue weighted by Crippen LogP contribution is 2.23. The molecule has 108 valence electrons. The van der Waals surface area contributed by atoms with Crippen molar-refractivity contribution in [3.8, 4) is 0 Å². The van der Waals surface area contributed by atoms with Crippen LogP contribution in [-0.4, -0.2) is 35.7 Å². The molecule has 0 radical (unpaired) electrons. The first kappa shape index (κ1) is 15.0. The Morgan fingerprint density at radius 1 is 1.30 bits per heavy atom. The lowest BCUT2D eigenvalue weighted by Crippen LogP contribution is -2.57. The Morgan fingerprint density at radius 2 is 1.95 bits per heavy atom. The third-order valence-corrected chi connectivity index (χ3v) is 3.87. The van der Waals surface area contributed by atoms with Crippen LogP contribution in [0.15, 0.2) is 22.7 Å². The van der Waals surface area contributed by atoms with Crippen molar-refractivity contribution in [2.24, 2.45) is 0 Å². The van der Waals surface area contributed by atoms with Crippen LogP contribution in [-0.2, 0) is 9.53 Å². The van der Waals surface area contributed by atoms with Crippen molar-refractivity contribution >= 4 is 27.8 Å². The van der Waals surface area contributed by atoms with Crippen molar-refractivity contribution in [3.05, 3.63) is 33.8 Å². The van der Waals surface area contributed by atoms with Gasteiger partial charge in [-0.25, -0.2) is 4.79 Å². The summed E-state index contributed by atoms with van der Waals surface area (Å²) in [5.41, 5.74) is 0.149. The molecule has 1 aliphatic heterocycles. The van der Waals surface area contributed by atoms with Crippen molar-refractivity contribution in [3.63, 3.8) is 0 Å². The molecule has 1 amide bonds. The summed E-state index contributed by atoms with van der Waals surface area (Å²) in [6.45, 7) is 2.55. The minimum atomic E-state index is -1.23. The van der Waals surface area contributed by atoms with E-state index in [-0.39, 0.29) is 18.7 Å². The predicted octanol–water partition coefficient (Wildman–Crippen LogP) is 2.12. The van der Waals surface area contributed by atoms with E-state index in [1.165, 1.54) is 0 Å². The molecule has 2 N–H and O–H groups in total. The molecule has 1 fully saturated rings. The van der Waals surface area contributed by atoms with Crippen LogP contribution in [0.5, 0.6) is 0 Å². The molecule has 0 spiro atoms. The number of amides is 1. The molecule has 1 aliphatic rings. The lowest BCUT2D eigenvalue weighted by atomic mass is 9.89. The second kappa shape index (κ2) is 5.93. The fourth-order valence-electron chi connectivity index (χ4n) is 2.27. The van der Waals surface area contributed by atoms with Gasteiger partial charge in [-0.3, -0.25) is 4.79 Å². The van der Waals surface area contributed by atoms with Gasteiger partial charge >= 0.3 is 5.97 Å². The fourth-order valence-corrected chi connectivity index (χ4v) is 2.88. The van der Waals surface area contributed by atoms with Gasteiger partial charge in [0.1, 0.15) is 5.54 Å². The van der Waals surface area contributed by atoms with Crippen molar-refractivity contribution < 1.29 is 19.4 Å². The smallest absolute Gasteiger partial charge is 0.329 e. The van der Waals surface area contributed by atoms with E-state index in [4.69, 9.17) is 4.74 Å². The lowest BCUT2D eigenvalue weighted by molar-refractivity contribution is -0.148. The Labute approximate surface area is 125 Å². The number of carbonyl (C=O) groups excluding carboxylic acids is 1. The van der Waals surface area contributed by atoms with Crippen LogP contribution in [0.2, 0.25) is 0 Å². The molecule has 6 heteroatoms. The largest absolute Gasteiger partial charge is 0.480 e. The average molecular weight is 342 g/mol. The monoisotopic (exact) mass is 341 g/mol. The maximum atomic E-state index is 12.3. The van der Waals surface area contributed by atoms with Crippen LogP contribution in [0.3, 0.4) is 0 Å². The van der Waals surface area contributed by atoms with Crippen LogP contribution in [0.4, 0.5) is 0 Å². The number of carbonyl (C=O) groups is 2. The topological polar surface area (TPSA) is 75.6 Å². The van der Waals surface area contributed by atoms with E-state index in [9.17, 15) is 14.7 Å². The normalized spacial score (nSPS) is 17.5. The summed E-state index contributed by atoms with van der Waals surface area (Å²) >= 11 is 3.33. The van der Waals surface area contributed by atoms with Crippen LogP contribution < -0.4 is 5.32 Å². The number of benzene rings is 1. The molecular formula is C14H16BrNO4. The summed E-state index contributed by atoms with van der Waals surface area (Å²) in [6, 6.07) is 5.30. The molecule has 0 bridgehead atoms. The Bertz CT molecular complexity index is 518. The first-order chi connectivity index (χ1) is 9.43. The van der Waals surface area contributed by atoms with E-state index in [1.807, 2.05) is 13.0 Å². The quantitative estimate of drug-likeness (QED) is 0.882. The summed E-state index contributed by atoms with van der Waals surface area (Å²) < 4.78 is 5.97. The maximum absolute atomic E-state index is 12.3. The summed E-state index contributed by atoms with van der Waals surface area (Å²) in [7, 11) is 0. The number of halogens is 1. The minimum Gasteiger partial charge on any atom is -0.480 e. The van der Waals surface area contributed by atoms with Gasteiger partial charge < -0.3 is 15.2 Å². The molecular weight excluding hydrogens is 326 g/mol. The number of nitrogens with one attached hydrogen (secondary N) is 1. The molecule has 0 unspecified atom stereocenters. The van der Waals surface area contributed by atoms with E-state index in [1.54, 1.807) is 12.1 Å². The van der Waals surface area contributed by atoms with Crippen molar-refractivity contribution in [2.75, 3.05) is 13.2 Å². The Balaban J connectivity index is 2.22. The zero-order chi connectivity index (χ0) is 14.8. The Morgan fingerprint density at radius 3 is 2.50 bits per heavy atom. The van der Waals surface area contributed by atoms with Gasteiger partial charge in [-0.15, -0.1) is 0 Å². The van der Waals surface area contributed by atoms with Gasteiger partial charge in [0.25, 0.3) is 5.91 Å². The number of hydrogen-bond donors (Lipinski definition) is 2. The molecule has 0 atom stereocenters. The van der Waals surface area contributed by atoms with E-state index < -0.39 is 11.5 Å². The van der Waals surface area contributed by atoms with E-state index in [0.717, 1.165) is 10.0 Å². The molecule has 0 aliphatic carbocycles. The number of carboxylic acids is 1. The molecule has 1 heterocycles. The van der Waals surface area contributed by atoms with Crippen LogP contribution >= 0.6 is 15.9 Å². The molecule has 1 aromatic rings. The molecule has 1 aromatic carbocycles. The van der Waals surface area contributed by atoms with Gasteiger partial charge in [0.05, 0.1) is 0 Å². The third kappa shape index (κ3) is 3.19. The van der Waals surface area contributed by atoms with Crippen LogP contribution in [0.25, 0.3) is 0 Å². The summed E-state index contributed by atoms with van der Waals surface area (Å²) in [5.74, 6) is -1.39. The van der Waals surface area contributed by atoms with E-state index in [2.05, 4.69) is 21.2 Å². The second-order valence-electron chi connectivity index (χ2n) is 4.97. The zero-order valence-electron chi connectivity index (χ0n) is 11.1. The van der Waals surface area contributed by atoms with Gasteiger partial charge in [-0.05, 0) is 30.7 Å². The highest BCUT2D eigenvalue weighted by atomic mass is 79.9. The van der Waals surface area contributed by atoms with Crippen molar-refractivity contribution in [1.82, 2.24) is 5.32 Å². The number of ether oxygens (including phenoxy) is 1. The first-order valence-electron chi connectivity index (χ1n) is 6.34. The SMILES string of the molecule is Cc1cc(Br)cc(C(=O)NC2(C(=O)O)CCOCC2)c1. The summed E-state index contributed by atoms with van der Waals surface area (Å²) in [5, 5.41) is 12.1. The van der Waals surface area contributed by atoms with E-state index >= 15 is 0 Å². The zero-order valence-corrected chi connectivity index (χ0v) is 12.7. The minimum absolute atomic E-state index is 0.279. The first-order valence-corrected chi connectivity index (χ1v) is 7.13. The molecule has 20 heavy (non-hydrogen) atoms. The Hall–Kier alpha value is -1.40. The standard InChI is InChI=1S/C14H16BrNO4/c1-9-6-10(8-11(15)7-9)12(17)16-14(13(18)19)2-4-20-5-3-14/h6-8H,2-5H2,1H3,(H,16,17)(H,18,19). The summed E-state index contributed by atoms with van der Waals surface area (Å²) in [6.07, 6.45) is 0.558. The van der Waals surface area contributed by atoms with E-state index in [0.29, 0.717) is 18.8 Å². The molecule has 1 saturated heterocycles. The van der Waals surface area contributed by atoms with Gasteiger partial charge in [0, 0.05) is 36.1 Å². The summed E-state index contributed by atoms with van der Waals surface area (Å²) in [4.78, 5) is 23.8. The van der Waals surface area contributed by atoms with Gasteiger partial charge in [-0.1, -0.05) is 15.9 Å². The number of carboxylic acid groups (broad SMARTS) is 1. The maximum Gasteiger partial charge on any atom is 0.329 e. The average Bonchev–Trinajstić information content (AvgIpc) is 2.38. The second-order valence-corrected chi connectivity index (χ2v) is 5.89. The fraction of sp³-hybridized carbons (Fsp3) is 0.429. The molecule has 2 rings (SSSR count). The van der Waals surface area contributed by atoms with Crippen molar-refractivity contribution in [2.45, 2.75) is 25.3 Å². The molecule has 5 nitrogen and oxygen atoms in total. The van der Waals surface area contributed by atoms with Crippen molar-refractivity contribution in [1.29, 1.82) is 0 Å². The number of hydrogen-bond acceptors (Lipinski definition) is 3. The van der Waals surface area contributed by atoms with Crippen LogP contribution in [0, 0.1) is 6.92 Å². The van der Waals surface area contributed by atoms with Crippen LogP contribution in [0.1, 0.15) is 28.8 Å². The number of aliphatic carboxylic acids is 1. The van der Waals surface area contributed by atoms with Gasteiger partial charge in [0.2, 0.25) is 0 Å². The highest BCUT2D eigenvalue weighted by molar-refractivity contribution is 9.10.